The van der Waals surface area contributed by atoms with Crippen LogP contribution < -0.4 is 4.74 Å². The van der Waals surface area contributed by atoms with E-state index < -0.39 is 0 Å². The predicted octanol–water partition coefficient (Wildman–Crippen LogP) is 4.29. The summed E-state index contributed by atoms with van der Waals surface area (Å²) in [5.41, 5.74) is 2.37. The van der Waals surface area contributed by atoms with E-state index in [1.165, 1.54) is 11.1 Å². The third-order valence-corrected chi connectivity index (χ3v) is 3.09. The van der Waals surface area contributed by atoms with E-state index in [-0.39, 0.29) is 12.4 Å². The summed E-state index contributed by atoms with van der Waals surface area (Å²) in [5.74, 6) is 1.85. The highest BCUT2D eigenvalue weighted by Crippen LogP contribution is 2.34. The first-order valence-electron chi connectivity index (χ1n) is 6.74. The summed E-state index contributed by atoms with van der Waals surface area (Å²) in [7, 11) is 0. The van der Waals surface area contributed by atoms with Gasteiger partial charge in [0, 0.05) is 6.42 Å². The minimum Gasteiger partial charge on any atom is -0.485 e. The van der Waals surface area contributed by atoms with Gasteiger partial charge < -0.3 is 4.74 Å². The number of para-hydroxylation sites is 1. The molecule has 0 atom stereocenters. The number of carbonyl (C=O) groups excluding carboxylic acids is 1. The van der Waals surface area contributed by atoms with Crippen molar-refractivity contribution in [2.45, 2.75) is 52.9 Å². The fraction of sp³-hybridized carbons (Fsp3) is 0.562. The van der Waals surface area contributed by atoms with Gasteiger partial charge in [-0.05, 0) is 23.0 Å². The molecular formula is C16H24O2. The molecule has 0 heterocycles. The van der Waals surface area contributed by atoms with Crippen LogP contribution in [0, 0.1) is 0 Å². The number of benzene rings is 1. The van der Waals surface area contributed by atoms with Gasteiger partial charge in [0.2, 0.25) is 0 Å². The van der Waals surface area contributed by atoms with Crippen LogP contribution in [0.3, 0.4) is 0 Å². The number of ketones is 1. The molecule has 0 radical (unpaired) electrons. The van der Waals surface area contributed by atoms with Gasteiger partial charge in [-0.25, -0.2) is 0 Å². The molecule has 1 rings (SSSR count). The average molecular weight is 248 g/mol. The maximum atomic E-state index is 11.4. The number of Topliss-reactive ketones (excluding diaryl/α,β-unsaturated/α-hetero) is 1. The second-order valence-corrected chi connectivity index (χ2v) is 5.26. The lowest BCUT2D eigenvalue weighted by molar-refractivity contribution is -0.120. The summed E-state index contributed by atoms with van der Waals surface area (Å²) in [6.45, 7) is 10.6. The molecule has 2 nitrogen and oxygen atoms in total. The van der Waals surface area contributed by atoms with Gasteiger partial charge in [0.05, 0.1) is 0 Å². The van der Waals surface area contributed by atoms with Crippen molar-refractivity contribution < 1.29 is 9.53 Å². The molecule has 1 aromatic rings. The Kier molecular flexibility index (Phi) is 5.39. The van der Waals surface area contributed by atoms with Gasteiger partial charge in [0.25, 0.3) is 0 Å². The molecule has 0 unspecified atom stereocenters. The summed E-state index contributed by atoms with van der Waals surface area (Å²) < 4.78 is 5.79. The molecule has 2 heteroatoms. The molecule has 0 saturated carbocycles. The maximum absolute atomic E-state index is 11.4. The van der Waals surface area contributed by atoms with E-state index >= 15 is 0 Å². The van der Waals surface area contributed by atoms with E-state index in [0.29, 0.717) is 18.3 Å². The molecule has 0 bridgehead atoms. The van der Waals surface area contributed by atoms with Gasteiger partial charge in [-0.3, -0.25) is 4.79 Å². The van der Waals surface area contributed by atoms with Gasteiger partial charge in [0.15, 0.2) is 5.78 Å². The Bertz CT molecular complexity index is 379. The standard InChI is InChI=1S/C16H24O2/c1-6-13(17)10-18-16-14(11(2)3)8-7-9-15(16)12(4)5/h7-9,11-12H,6,10H2,1-5H3. The van der Waals surface area contributed by atoms with Crippen LogP contribution >= 0.6 is 0 Å². The summed E-state index contributed by atoms with van der Waals surface area (Å²) in [6, 6.07) is 6.24. The van der Waals surface area contributed by atoms with Crippen molar-refractivity contribution in [1.29, 1.82) is 0 Å². The monoisotopic (exact) mass is 248 g/mol. The molecule has 18 heavy (non-hydrogen) atoms. The first-order chi connectivity index (χ1) is 8.47. The summed E-state index contributed by atoms with van der Waals surface area (Å²) >= 11 is 0. The third-order valence-electron chi connectivity index (χ3n) is 3.09. The molecule has 0 aromatic heterocycles. The van der Waals surface area contributed by atoms with Crippen LogP contribution in [0.5, 0.6) is 5.75 Å². The SMILES string of the molecule is CCC(=O)COc1c(C(C)C)cccc1C(C)C. The molecule has 0 amide bonds. The largest absolute Gasteiger partial charge is 0.485 e. The van der Waals surface area contributed by atoms with E-state index in [2.05, 4.69) is 45.9 Å². The zero-order valence-corrected chi connectivity index (χ0v) is 12.1. The molecule has 0 saturated heterocycles. The molecule has 100 valence electrons. The van der Waals surface area contributed by atoms with Crippen LogP contribution in [0.15, 0.2) is 18.2 Å². The van der Waals surface area contributed by atoms with E-state index in [4.69, 9.17) is 4.74 Å². The Balaban J connectivity index is 3.06. The van der Waals surface area contributed by atoms with E-state index in [1.54, 1.807) is 0 Å². The van der Waals surface area contributed by atoms with Crippen molar-refractivity contribution in [3.05, 3.63) is 29.3 Å². The van der Waals surface area contributed by atoms with Crippen molar-refractivity contribution in [2.75, 3.05) is 6.61 Å². The highest BCUT2D eigenvalue weighted by atomic mass is 16.5. The molecule has 0 aliphatic heterocycles. The minimum absolute atomic E-state index is 0.142. The average Bonchev–Trinajstić information content (AvgIpc) is 2.34. The normalized spacial score (nSPS) is 11.1. The van der Waals surface area contributed by atoms with Crippen molar-refractivity contribution in [1.82, 2.24) is 0 Å². The second-order valence-electron chi connectivity index (χ2n) is 5.26. The van der Waals surface area contributed by atoms with Crippen LogP contribution in [0.2, 0.25) is 0 Å². The summed E-state index contributed by atoms with van der Waals surface area (Å²) in [6.07, 6.45) is 0.529. The topological polar surface area (TPSA) is 26.3 Å². The number of ether oxygens (including phenoxy) is 1. The van der Waals surface area contributed by atoms with Crippen LogP contribution in [-0.4, -0.2) is 12.4 Å². The van der Waals surface area contributed by atoms with Gasteiger partial charge in [0.1, 0.15) is 12.4 Å². The van der Waals surface area contributed by atoms with Crippen LogP contribution in [0.4, 0.5) is 0 Å². The lowest BCUT2D eigenvalue weighted by atomic mass is 9.94. The van der Waals surface area contributed by atoms with E-state index in [9.17, 15) is 4.79 Å². The van der Waals surface area contributed by atoms with Crippen LogP contribution in [0.1, 0.15) is 64.0 Å². The quantitative estimate of drug-likeness (QED) is 0.750. The molecule has 0 aliphatic rings. The second kappa shape index (κ2) is 6.58. The van der Waals surface area contributed by atoms with Crippen LogP contribution in [-0.2, 0) is 4.79 Å². The van der Waals surface area contributed by atoms with E-state index in [0.717, 1.165) is 5.75 Å². The number of hydrogen-bond donors (Lipinski definition) is 0. The van der Waals surface area contributed by atoms with Gasteiger partial charge in [-0.2, -0.15) is 0 Å². The molecule has 0 spiro atoms. The number of rotatable bonds is 6. The predicted molar refractivity (Wildman–Crippen MR) is 75.4 cm³/mol. The lowest BCUT2D eigenvalue weighted by Gasteiger charge is -2.19. The third kappa shape index (κ3) is 3.59. The molecule has 0 fully saturated rings. The van der Waals surface area contributed by atoms with E-state index in [1.807, 2.05) is 6.92 Å². The molecular weight excluding hydrogens is 224 g/mol. The molecule has 0 aliphatic carbocycles. The lowest BCUT2D eigenvalue weighted by Crippen LogP contribution is -2.12. The zero-order valence-electron chi connectivity index (χ0n) is 12.1. The first kappa shape index (κ1) is 14.7. The maximum Gasteiger partial charge on any atom is 0.169 e. The van der Waals surface area contributed by atoms with Crippen molar-refractivity contribution in [2.24, 2.45) is 0 Å². The highest BCUT2D eigenvalue weighted by molar-refractivity contribution is 5.79. The summed E-state index contributed by atoms with van der Waals surface area (Å²) in [5, 5.41) is 0. The number of carbonyl (C=O) groups is 1. The van der Waals surface area contributed by atoms with Gasteiger partial charge in [-0.1, -0.05) is 52.8 Å². The van der Waals surface area contributed by atoms with Crippen molar-refractivity contribution in [3.63, 3.8) is 0 Å². The Labute approximate surface area is 110 Å². The highest BCUT2D eigenvalue weighted by Gasteiger charge is 2.15. The van der Waals surface area contributed by atoms with Gasteiger partial charge in [-0.15, -0.1) is 0 Å². The Hall–Kier alpha value is -1.31. The fourth-order valence-electron chi connectivity index (χ4n) is 1.90. The zero-order chi connectivity index (χ0) is 13.7. The van der Waals surface area contributed by atoms with Gasteiger partial charge >= 0.3 is 0 Å². The van der Waals surface area contributed by atoms with Crippen LogP contribution in [0.25, 0.3) is 0 Å². The summed E-state index contributed by atoms with van der Waals surface area (Å²) in [4.78, 5) is 11.4. The Morgan fingerprint density at radius 2 is 1.61 bits per heavy atom. The Morgan fingerprint density at radius 3 is 2.00 bits per heavy atom. The Morgan fingerprint density at radius 1 is 1.11 bits per heavy atom. The smallest absolute Gasteiger partial charge is 0.169 e. The van der Waals surface area contributed by atoms with Crippen molar-refractivity contribution >= 4 is 5.78 Å². The number of hydrogen-bond acceptors (Lipinski definition) is 2. The molecule has 1 aromatic carbocycles. The fourth-order valence-corrected chi connectivity index (χ4v) is 1.90. The first-order valence-corrected chi connectivity index (χ1v) is 6.74. The molecule has 0 N–H and O–H groups in total. The van der Waals surface area contributed by atoms with Crippen molar-refractivity contribution in [3.8, 4) is 5.75 Å². The minimum atomic E-state index is 0.142.